The maximum absolute atomic E-state index is 12.3. The molecule has 0 radical (unpaired) electrons. The van der Waals surface area contributed by atoms with Crippen molar-refractivity contribution >= 4 is 29.3 Å². The van der Waals surface area contributed by atoms with Gasteiger partial charge in [-0.15, -0.1) is 0 Å². The fraction of sp³-hybridized carbons (Fsp3) is 0.300. The second-order valence-electron chi connectivity index (χ2n) is 6.12. The van der Waals surface area contributed by atoms with Crippen LogP contribution < -0.4 is 10.1 Å². The van der Waals surface area contributed by atoms with E-state index >= 15 is 0 Å². The molecule has 5 nitrogen and oxygen atoms in total. The van der Waals surface area contributed by atoms with Gasteiger partial charge in [-0.3, -0.25) is 4.79 Å². The fourth-order valence-electron chi connectivity index (χ4n) is 2.20. The van der Waals surface area contributed by atoms with Gasteiger partial charge in [-0.2, -0.15) is 8.78 Å². The van der Waals surface area contributed by atoms with Gasteiger partial charge in [0.25, 0.3) is 11.7 Å². The van der Waals surface area contributed by atoms with Crippen LogP contribution in [0, 0.1) is 0 Å². The highest BCUT2D eigenvalue weighted by Gasteiger charge is 2.10. The van der Waals surface area contributed by atoms with Crippen molar-refractivity contribution < 1.29 is 27.8 Å². The molecular weight excluding hydrogens is 388 g/mol. The highest BCUT2D eigenvalue weighted by Crippen LogP contribution is 2.26. The van der Waals surface area contributed by atoms with Crippen molar-refractivity contribution in [2.45, 2.75) is 30.4 Å². The van der Waals surface area contributed by atoms with E-state index in [9.17, 15) is 18.4 Å². The number of carbonyl (C=O) groups excluding carboxylic acids is 2. The van der Waals surface area contributed by atoms with E-state index in [1.165, 1.54) is 24.3 Å². The normalized spacial score (nSPS) is 10.8. The number of ether oxygens (including phenoxy) is 2. The number of hydrogen-bond donors (Lipinski definition) is 1. The number of rotatable bonds is 9. The van der Waals surface area contributed by atoms with Crippen LogP contribution in [0.5, 0.6) is 5.75 Å². The lowest BCUT2D eigenvalue weighted by Gasteiger charge is -2.09. The lowest BCUT2D eigenvalue weighted by molar-refractivity contribution is -0.149. The molecule has 0 aliphatic heterocycles. The number of nitrogens with one attached hydrogen (secondary N) is 1. The number of hydrogen-bond acceptors (Lipinski definition) is 5. The molecule has 0 saturated carbocycles. The number of benzene rings is 2. The van der Waals surface area contributed by atoms with Crippen molar-refractivity contribution in [1.29, 1.82) is 0 Å². The van der Waals surface area contributed by atoms with Crippen molar-refractivity contribution in [2.24, 2.45) is 0 Å². The molecule has 0 aromatic heterocycles. The first-order valence-corrected chi connectivity index (χ1v) is 9.44. The molecule has 0 atom stereocenters. The molecular formula is C20H21F2NO4S. The summed E-state index contributed by atoms with van der Waals surface area (Å²) in [5.41, 5.74) is 1.58. The van der Waals surface area contributed by atoms with Gasteiger partial charge in [0.15, 0.2) is 13.2 Å². The SMILES string of the molecule is CC(C)c1ccc(OCC(=O)OCC(=O)Nc2ccc(SC(F)F)cc2)cc1. The third-order valence-corrected chi connectivity index (χ3v) is 4.35. The summed E-state index contributed by atoms with van der Waals surface area (Å²) in [6.45, 7) is 3.37. The minimum atomic E-state index is -2.50. The van der Waals surface area contributed by atoms with E-state index in [4.69, 9.17) is 9.47 Å². The first kappa shape index (κ1) is 21.7. The van der Waals surface area contributed by atoms with Crippen molar-refractivity contribution in [3.8, 4) is 5.75 Å². The third kappa shape index (κ3) is 7.56. The lowest BCUT2D eigenvalue weighted by atomic mass is 10.0. The second kappa shape index (κ2) is 10.7. The molecule has 1 N–H and O–H groups in total. The molecule has 0 aliphatic carbocycles. The third-order valence-electron chi connectivity index (χ3n) is 3.63. The number of esters is 1. The van der Waals surface area contributed by atoms with Gasteiger partial charge < -0.3 is 14.8 Å². The molecule has 0 aliphatic rings. The van der Waals surface area contributed by atoms with Crippen LogP contribution in [0.1, 0.15) is 25.3 Å². The molecule has 0 unspecified atom stereocenters. The van der Waals surface area contributed by atoms with Crippen LogP contribution in [0.15, 0.2) is 53.4 Å². The molecule has 8 heteroatoms. The Bertz CT molecular complexity index is 780. The predicted octanol–water partition coefficient (Wildman–Crippen LogP) is 4.69. The van der Waals surface area contributed by atoms with Gasteiger partial charge in [-0.1, -0.05) is 37.7 Å². The van der Waals surface area contributed by atoms with Gasteiger partial charge >= 0.3 is 5.97 Å². The predicted molar refractivity (Wildman–Crippen MR) is 104 cm³/mol. The minimum Gasteiger partial charge on any atom is -0.482 e. The van der Waals surface area contributed by atoms with E-state index < -0.39 is 24.2 Å². The summed E-state index contributed by atoms with van der Waals surface area (Å²) in [4.78, 5) is 23.9. The first-order chi connectivity index (χ1) is 13.3. The van der Waals surface area contributed by atoms with E-state index in [2.05, 4.69) is 19.2 Å². The van der Waals surface area contributed by atoms with Crippen molar-refractivity contribution in [3.05, 3.63) is 54.1 Å². The quantitative estimate of drug-likeness (QED) is 0.481. The van der Waals surface area contributed by atoms with Crippen LogP contribution >= 0.6 is 11.8 Å². The summed E-state index contributed by atoms with van der Waals surface area (Å²) in [5.74, 6) is -2.78. The van der Waals surface area contributed by atoms with Crippen molar-refractivity contribution in [1.82, 2.24) is 0 Å². The highest BCUT2D eigenvalue weighted by molar-refractivity contribution is 7.99. The van der Waals surface area contributed by atoms with Gasteiger partial charge in [0.05, 0.1) is 0 Å². The molecule has 150 valence electrons. The molecule has 2 rings (SSSR count). The highest BCUT2D eigenvalue weighted by atomic mass is 32.2. The molecule has 0 bridgehead atoms. The smallest absolute Gasteiger partial charge is 0.344 e. The molecule has 0 saturated heterocycles. The monoisotopic (exact) mass is 409 g/mol. The van der Waals surface area contributed by atoms with Crippen LogP contribution in [0.3, 0.4) is 0 Å². The number of halogens is 2. The summed E-state index contributed by atoms with van der Waals surface area (Å²) in [6.07, 6.45) is 0. The van der Waals surface area contributed by atoms with Gasteiger partial charge in [0.1, 0.15) is 5.75 Å². The van der Waals surface area contributed by atoms with E-state index in [-0.39, 0.29) is 6.61 Å². The summed E-state index contributed by atoms with van der Waals surface area (Å²) in [7, 11) is 0. The van der Waals surface area contributed by atoms with Gasteiger partial charge in [0.2, 0.25) is 0 Å². The Morgan fingerprint density at radius 2 is 1.64 bits per heavy atom. The van der Waals surface area contributed by atoms with Crippen LogP contribution in [-0.2, 0) is 14.3 Å². The second-order valence-corrected chi connectivity index (χ2v) is 7.19. The molecule has 0 spiro atoms. The Kier molecular flexibility index (Phi) is 8.25. The van der Waals surface area contributed by atoms with Gasteiger partial charge in [-0.25, -0.2) is 4.79 Å². The van der Waals surface area contributed by atoms with Gasteiger partial charge in [0, 0.05) is 10.6 Å². The van der Waals surface area contributed by atoms with E-state index in [1.807, 2.05) is 12.1 Å². The maximum atomic E-state index is 12.3. The molecule has 28 heavy (non-hydrogen) atoms. The van der Waals surface area contributed by atoms with Gasteiger partial charge in [-0.05, 0) is 47.9 Å². The Hall–Kier alpha value is -2.61. The number of amides is 1. The molecule has 0 heterocycles. The molecule has 2 aromatic rings. The fourth-order valence-corrected chi connectivity index (χ4v) is 2.69. The summed E-state index contributed by atoms with van der Waals surface area (Å²) >= 11 is 0.417. The van der Waals surface area contributed by atoms with Crippen molar-refractivity contribution in [3.63, 3.8) is 0 Å². The summed E-state index contributed by atoms with van der Waals surface area (Å²) in [6, 6.07) is 13.3. The lowest BCUT2D eigenvalue weighted by Crippen LogP contribution is -2.23. The maximum Gasteiger partial charge on any atom is 0.344 e. The average molecular weight is 409 g/mol. The number of anilines is 1. The zero-order chi connectivity index (χ0) is 20.5. The Morgan fingerprint density at radius 3 is 2.21 bits per heavy atom. The van der Waals surface area contributed by atoms with Crippen LogP contribution in [0.4, 0.5) is 14.5 Å². The largest absolute Gasteiger partial charge is 0.482 e. The standard InChI is InChI=1S/C20H21F2NO4S/c1-13(2)14-3-7-16(8-4-14)26-12-19(25)27-11-18(24)23-15-5-9-17(10-6-15)28-20(21)22/h3-10,13,20H,11-12H2,1-2H3,(H,23,24). The molecule has 2 aromatic carbocycles. The number of thioether (sulfide) groups is 1. The average Bonchev–Trinajstić information content (AvgIpc) is 2.66. The Labute approximate surface area is 166 Å². The van der Waals surface area contributed by atoms with Crippen LogP contribution in [-0.4, -0.2) is 30.8 Å². The van der Waals surface area contributed by atoms with E-state index in [1.54, 1.807) is 12.1 Å². The molecule has 1 amide bonds. The Morgan fingerprint density at radius 1 is 1.00 bits per heavy atom. The summed E-state index contributed by atoms with van der Waals surface area (Å²) < 4.78 is 34.7. The van der Waals surface area contributed by atoms with Crippen molar-refractivity contribution in [2.75, 3.05) is 18.5 Å². The number of carbonyl (C=O) groups is 2. The summed E-state index contributed by atoms with van der Waals surface area (Å²) in [5, 5.41) is 2.51. The zero-order valence-electron chi connectivity index (χ0n) is 15.5. The number of alkyl halides is 2. The minimum absolute atomic E-state index is 0.312. The topological polar surface area (TPSA) is 64.6 Å². The van der Waals surface area contributed by atoms with Crippen LogP contribution in [0.2, 0.25) is 0 Å². The van der Waals surface area contributed by atoms with E-state index in [0.717, 1.165) is 5.56 Å². The zero-order valence-corrected chi connectivity index (χ0v) is 16.3. The molecule has 0 fully saturated rings. The first-order valence-electron chi connectivity index (χ1n) is 8.56. The van der Waals surface area contributed by atoms with E-state index in [0.29, 0.717) is 34.0 Å². The Balaban J connectivity index is 1.71. The van der Waals surface area contributed by atoms with Crippen LogP contribution in [0.25, 0.3) is 0 Å².